The molecule has 0 aliphatic heterocycles. The van der Waals surface area contributed by atoms with Gasteiger partial charge >= 0.3 is 8.24 Å². The van der Waals surface area contributed by atoms with E-state index < -0.39 is 8.24 Å². The minimum Gasteiger partial charge on any atom is -0.510 e. The van der Waals surface area contributed by atoms with Crippen LogP contribution < -0.4 is 24.7 Å². The molecule has 0 N–H and O–H groups in total. The number of furan rings is 1. The van der Waals surface area contributed by atoms with Gasteiger partial charge in [0.2, 0.25) is 6.33 Å². The molecule has 5 nitrogen and oxygen atoms in total. The summed E-state index contributed by atoms with van der Waals surface area (Å²) >= 11 is 0. The van der Waals surface area contributed by atoms with Crippen LogP contribution in [0.3, 0.4) is 0 Å². The summed E-state index contributed by atoms with van der Waals surface area (Å²) in [6.45, 7) is 0. The number of imidazole rings is 1. The standard InChI is InChI=1S/C42H27N3O2Si.Pt/c1-3-16-34(17-4-1)48(35-18-5-2-6-19-35,42-24-11-12-27-43-42)45-30-44(38-21-8-9-22-39(38)45)31-14-13-15-32(28-31)46-33-25-26-37-36-20-7-10-23-40(36)47-41(37)29-33;/h1-27H;/q-2;. The number of para-hydroxylation sites is 3. The van der Waals surface area contributed by atoms with E-state index in [2.05, 4.69) is 130 Å². The van der Waals surface area contributed by atoms with E-state index in [9.17, 15) is 0 Å². The molecule has 0 aliphatic carbocycles. The zero-order chi connectivity index (χ0) is 31.9. The fraction of sp³-hybridized carbons (Fsp3) is 0. The first-order valence-electron chi connectivity index (χ1n) is 15.8. The molecule has 7 heteroatoms. The molecule has 9 aromatic rings. The number of benzene rings is 6. The van der Waals surface area contributed by atoms with Crippen molar-refractivity contribution >= 4 is 56.9 Å². The van der Waals surface area contributed by atoms with E-state index in [1.54, 1.807) is 0 Å². The molecular formula is C42H27N3O2PtSi-2. The van der Waals surface area contributed by atoms with Crippen molar-refractivity contribution in [1.29, 1.82) is 0 Å². The van der Waals surface area contributed by atoms with Crippen LogP contribution in [-0.4, -0.2) is 17.8 Å². The second-order valence-electron chi connectivity index (χ2n) is 11.6. The first-order valence-corrected chi connectivity index (χ1v) is 17.8. The van der Waals surface area contributed by atoms with E-state index >= 15 is 0 Å². The van der Waals surface area contributed by atoms with Gasteiger partial charge in [0.1, 0.15) is 5.58 Å². The normalized spacial score (nSPS) is 11.5. The third-order valence-electron chi connectivity index (χ3n) is 8.80. The minimum atomic E-state index is -3.02. The molecule has 0 amide bonds. The van der Waals surface area contributed by atoms with Crippen LogP contribution in [0.1, 0.15) is 0 Å². The van der Waals surface area contributed by atoms with Crippen LogP contribution >= 0.6 is 0 Å². The number of hydrogen-bond donors (Lipinski definition) is 0. The van der Waals surface area contributed by atoms with Crippen molar-refractivity contribution in [2.24, 2.45) is 0 Å². The number of aromatic nitrogens is 3. The van der Waals surface area contributed by atoms with Gasteiger partial charge in [-0.05, 0) is 34.0 Å². The fourth-order valence-corrected chi connectivity index (χ4v) is 11.1. The molecule has 0 bridgehead atoms. The van der Waals surface area contributed by atoms with E-state index in [1.807, 2.05) is 60.8 Å². The summed E-state index contributed by atoms with van der Waals surface area (Å²) in [5, 5.41) is 5.49. The van der Waals surface area contributed by atoms with Crippen molar-refractivity contribution in [3.8, 4) is 17.2 Å². The number of pyridine rings is 1. The van der Waals surface area contributed by atoms with E-state index in [1.165, 1.54) is 10.4 Å². The van der Waals surface area contributed by atoms with E-state index in [4.69, 9.17) is 14.1 Å². The molecule has 6 aromatic carbocycles. The van der Waals surface area contributed by atoms with Gasteiger partial charge in [-0.3, -0.25) is 4.98 Å². The Morgan fingerprint density at radius 1 is 0.612 bits per heavy atom. The molecule has 0 aliphatic rings. The molecule has 49 heavy (non-hydrogen) atoms. The molecule has 0 fully saturated rings. The molecular weight excluding hydrogens is 802 g/mol. The van der Waals surface area contributed by atoms with Gasteiger partial charge in [-0.2, -0.15) is 18.2 Å². The zero-order valence-electron chi connectivity index (χ0n) is 26.1. The Morgan fingerprint density at radius 2 is 1.31 bits per heavy atom. The molecule has 238 valence electrons. The van der Waals surface area contributed by atoms with Crippen molar-refractivity contribution in [2.45, 2.75) is 0 Å². The summed E-state index contributed by atoms with van der Waals surface area (Å²) in [5.74, 6) is 1.12. The first kappa shape index (κ1) is 30.8. The van der Waals surface area contributed by atoms with Gasteiger partial charge in [0.15, 0.2) is 0 Å². The van der Waals surface area contributed by atoms with Gasteiger partial charge in [-0.15, -0.1) is 18.2 Å². The van der Waals surface area contributed by atoms with Crippen LogP contribution in [0.5, 0.6) is 11.5 Å². The molecule has 0 unspecified atom stereocenters. The Labute approximate surface area is 299 Å². The smallest absolute Gasteiger partial charge is 0.363 e. The molecule has 3 heterocycles. The maximum atomic E-state index is 6.33. The number of rotatable bonds is 7. The number of fused-ring (bicyclic) bond motifs is 4. The Morgan fingerprint density at radius 3 is 2.08 bits per heavy atom. The molecule has 3 aromatic heterocycles. The minimum absolute atomic E-state index is 0. The van der Waals surface area contributed by atoms with Gasteiger partial charge < -0.3 is 18.0 Å². The first-order chi connectivity index (χ1) is 23.8. The number of nitrogens with zero attached hydrogens (tertiary/aromatic N) is 3. The van der Waals surface area contributed by atoms with Crippen LogP contribution in [0.15, 0.2) is 168 Å². The van der Waals surface area contributed by atoms with Crippen molar-refractivity contribution in [3.63, 3.8) is 0 Å². The van der Waals surface area contributed by atoms with Crippen LogP contribution in [0.4, 0.5) is 0 Å². The van der Waals surface area contributed by atoms with Crippen LogP contribution in [-0.2, 0) is 21.1 Å². The van der Waals surface area contributed by atoms with Gasteiger partial charge in [0, 0.05) is 49.9 Å². The Kier molecular flexibility index (Phi) is 8.04. The molecule has 0 atom stereocenters. The quantitative estimate of drug-likeness (QED) is 0.130. The summed E-state index contributed by atoms with van der Waals surface area (Å²) in [7, 11) is -3.02. The van der Waals surface area contributed by atoms with E-state index in [0.29, 0.717) is 17.1 Å². The topological polar surface area (TPSA) is 44.1 Å². The second-order valence-corrected chi connectivity index (χ2v) is 15.1. The molecule has 9 rings (SSSR count). The van der Waals surface area contributed by atoms with Crippen molar-refractivity contribution in [2.75, 3.05) is 0 Å². The zero-order valence-corrected chi connectivity index (χ0v) is 29.3. The van der Waals surface area contributed by atoms with Gasteiger partial charge in [0.05, 0.1) is 10.8 Å². The van der Waals surface area contributed by atoms with Crippen LogP contribution in [0.25, 0.3) is 38.7 Å². The average Bonchev–Trinajstić information content (AvgIpc) is 3.72. The van der Waals surface area contributed by atoms with Crippen molar-refractivity contribution in [1.82, 2.24) is 9.55 Å². The largest absolute Gasteiger partial charge is 0.510 e. The summed E-state index contributed by atoms with van der Waals surface area (Å²) in [4.78, 5) is 5.04. The summed E-state index contributed by atoms with van der Waals surface area (Å²) in [5.41, 5.74) is 4.34. The molecule has 0 saturated carbocycles. The number of hydrogen-bond acceptors (Lipinski definition) is 3. The molecule has 0 spiro atoms. The van der Waals surface area contributed by atoms with Crippen molar-refractivity contribution in [3.05, 3.63) is 182 Å². The average molecular weight is 829 g/mol. The molecule has 0 saturated heterocycles. The Hall–Kier alpha value is -5.55. The summed E-state index contributed by atoms with van der Waals surface area (Å²) in [6, 6.07) is 60.7. The SMILES string of the molecule is [Pt].[c-]1c(Oc2[c-]c3oc4ccccc4c3cc2)cccc1-n1[c-][n+]([Si](c2ccccc2)(c2ccccc2)c2ccccn2)c2ccccc21. The maximum absolute atomic E-state index is 6.33. The van der Waals surface area contributed by atoms with Gasteiger partial charge in [-0.1, -0.05) is 126 Å². The second kappa shape index (κ2) is 12.8. The van der Waals surface area contributed by atoms with Gasteiger partial charge in [-0.25, -0.2) is 0 Å². The van der Waals surface area contributed by atoms with Crippen molar-refractivity contribution < 1.29 is 34.5 Å². The van der Waals surface area contributed by atoms with E-state index in [-0.39, 0.29) is 21.1 Å². The predicted octanol–water partition coefficient (Wildman–Crippen LogP) is 6.92. The van der Waals surface area contributed by atoms with Crippen LogP contribution in [0.2, 0.25) is 0 Å². The van der Waals surface area contributed by atoms with E-state index in [0.717, 1.165) is 38.4 Å². The van der Waals surface area contributed by atoms with Gasteiger partial charge in [0.25, 0.3) is 0 Å². The predicted molar refractivity (Wildman–Crippen MR) is 191 cm³/mol. The summed E-state index contributed by atoms with van der Waals surface area (Å²) in [6.07, 6.45) is 5.70. The van der Waals surface area contributed by atoms with Crippen LogP contribution in [0, 0.1) is 18.5 Å². The Bertz CT molecular complexity index is 2450. The number of ether oxygens (including phenoxy) is 1. The fourth-order valence-electron chi connectivity index (χ4n) is 6.70. The Balaban J connectivity index is 0.00000348. The molecule has 0 radical (unpaired) electrons. The third-order valence-corrected chi connectivity index (χ3v) is 13.2. The monoisotopic (exact) mass is 828 g/mol. The summed E-state index contributed by atoms with van der Waals surface area (Å²) < 4.78 is 16.8. The third kappa shape index (κ3) is 5.21. The maximum Gasteiger partial charge on any atom is 0.363 e.